The van der Waals surface area contributed by atoms with Gasteiger partial charge >= 0.3 is 5.97 Å². The molecule has 0 spiro atoms. The lowest BCUT2D eigenvalue weighted by Crippen LogP contribution is -2.29. The van der Waals surface area contributed by atoms with Crippen LogP contribution in [0.1, 0.15) is 53.2 Å². The van der Waals surface area contributed by atoms with E-state index in [1.165, 1.54) is 0 Å². The molecule has 5 nitrogen and oxygen atoms in total. The lowest BCUT2D eigenvalue weighted by atomic mass is 9.76. The summed E-state index contributed by atoms with van der Waals surface area (Å²) in [7, 11) is 1.56. The van der Waals surface area contributed by atoms with Crippen LogP contribution in [-0.4, -0.2) is 24.8 Å². The van der Waals surface area contributed by atoms with Crippen LogP contribution in [-0.2, 0) is 4.74 Å². The average Bonchev–Trinajstić information content (AvgIpc) is 3.21. The molecule has 1 aliphatic carbocycles. The second-order valence-electron chi connectivity index (χ2n) is 7.31. The number of benzene rings is 2. The van der Waals surface area contributed by atoms with E-state index in [-0.39, 0.29) is 29.6 Å². The molecule has 3 unspecified atom stereocenters. The quantitative estimate of drug-likeness (QED) is 0.577. The highest BCUT2D eigenvalue weighted by Gasteiger charge is 2.39. The van der Waals surface area contributed by atoms with Gasteiger partial charge in [0.2, 0.25) is 0 Å². The van der Waals surface area contributed by atoms with Gasteiger partial charge in [-0.15, -0.1) is 0 Å². The highest BCUT2D eigenvalue weighted by Crippen LogP contribution is 2.52. The topological polar surface area (TPSA) is 67.8 Å². The van der Waals surface area contributed by atoms with Crippen LogP contribution < -0.4 is 10.1 Å². The molecule has 0 bridgehead atoms. The molecular formula is C23H25NO4. The molecule has 4 rings (SSSR count). The number of aromatic hydroxyl groups is 1. The van der Waals surface area contributed by atoms with Crippen LogP contribution in [0.5, 0.6) is 11.5 Å². The van der Waals surface area contributed by atoms with Gasteiger partial charge < -0.3 is 19.9 Å². The Hall–Kier alpha value is -2.95. The van der Waals surface area contributed by atoms with Gasteiger partial charge in [-0.05, 0) is 48.6 Å². The van der Waals surface area contributed by atoms with Crippen molar-refractivity contribution in [3.05, 3.63) is 65.2 Å². The van der Waals surface area contributed by atoms with Gasteiger partial charge in [-0.3, -0.25) is 0 Å². The number of nitrogens with one attached hydrogen (secondary N) is 1. The number of fused-ring (bicyclic) bond motifs is 3. The molecule has 5 heteroatoms. The molecule has 0 saturated carbocycles. The molecule has 2 N–H and O–H groups in total. The number of esters is 1. The average molecular weight is 379 g/mol. The summed E-state index contributed by atoms with van der Waals surface area (Å²) >= 11 is 0. The molecule has 2 aromatic rings. The number of carbonyl (C=O) groups is 1. The van der Waals surface area contributed by atoms with Crippen molar-refractivity contribution in [2.75, 3.05) is 19.0 Å². The van der Waals surface area contributed by atoms with E-state index in [0.717, 1.165) is 29.7 Å². The van der Waals surface area contributed by atoms with Crippen molar-refractivity contribution < 1.29 is 19.4 Å². The van der Waals surface area contributed by atoms with E-state index in [1.54, 1.807) is 19.2 Å². The van der Waals surface area contributed by atoms with Gasteiger partial charge in [0.25, 0.3) is 0 Å². The largest absolute Gasteiger partial charge is 0.504 e. The van der Waals surface area contributed by atoms with Crippen molar-refractivity contribution in [2.45, 2.75) is 31.7 Å². The summed E-state index contributed by atoms with van der Waals surface area (Å²) in [5, 5.41) is 14.2. The smallest absolute Gasteiger partial charge is 0.338 e. The molecule has 0 saturated heterocycles. The van der Waals surface area contributed by atoms with E-state index in [0.29, 0.717) is 17.9 Å². The fourth-order valence-corrected chi connectivity index (χ4v) is 4.26. The number of rotatable bonds is 5. The van der Waals surface area contributed by atoms with Crippen molar-refractivity contribution in [1.29, 1.82) is 0 Å². The van der Waals surface area contributed by atoms with Crippen LogP contribution in [0.2, 0.25) is 0 Å². The molecule has 2 aromatic carbocycles. The van der Waals surface area contributed by atoms with E-state index in [9.17, 15) is 9.90 Å². The number of ether oxygens (including phenoxy) is 2. The molecule has 3 atom stereocenters. The van der Waals surface area contributed by atoms with Crippen LogP contribution in [0.15, 0.2) is 48.6 Å². The molecule has 0 fully saturated rings. The number of phenolic OH excluding ortho intramolecular Hbond substituents is 1. The molecular weight excluding hydrogens is 354 g/mol. The zero-order chi connectivity index (χ0) is 19.7. The maximum Gasteiger partial charge on any atom is 0.338 e. The third kappa shape index (κ3) is 3.11. The van der Waals surface area contributed by atoms with E-state index in [2.05, 4.69) is 17.5 Å². The molecule has 1 heterocycles. The zero-order valence-electron chi connectivity index (χ0n) is 16.1. The van der Waals surface area contributed by atoms with Crippen molar-refractivity contribution in [2.24, 2.45) is 5.92 Å². The molecule has 1 aliphatic heterocycles. The van der Waals surface area contributed by atoms with Crippen molar-refractivity contribution in [3.8, 4) is 11.5 Å². The van der Waals surface area contributed by atoms with Crippen LogP contribution in [0.25, 0.3) is 0 Å². The highest BCUT2D eigenvalue weighted by atomic mass is 16.5. The minimum absolute atomic E-state index is 0.0412. The Kier molecular flexibility index (Phi) is 4.99. The van der Waals surface area contributed by atoms with E-state index in [1.807, 2.05) is 31.2 Å². The number of hydrogen-bond donors (Lipinski definition) is 2. The van der Waals surface area contributed by atoms with Gasteiger partial charge in [0.05, 0.1) is 25.3 Å². The van der Waals surface area contributed by atoms with Crippen molar-refractivity contribution in [1.82, 2.24) is 0 Å². The molecule has 146 valence electrons. The number of hydrogen-bond acceptors (Lipinski definition) is 5. The van der Waals surface area contributed by atoms with Crippen molar-refractivity contribution in [3.63, 3.8) is 0 Å². The molecule has 2 aliphatic rings. The summed E-state index contributed by atoms with van der Waals surface area (Å²) in [6.07, 6.45) is 6.09. The van der Waals surface area contributed by atoms with Crippen LogP contribution in [0.4, 0.5) is 5.69 Å². The standard InChI is InChI=1S/C23H25NO4/c1-3-12-28-23(26)14-10-11-19-18(13-14)15-6-4-7-16(15)21(24-19)17-8-5-9-20(27-2)22(17)25/h4-6,8-11,13,15-16,21,24-25H,3,7,12H2,1-2H3. The summed E-state index contributed by atoms with van der Waals surface area (Å²) in [5.74, 6) is 0.812. The summed E-state index contributed by atoms with van der Waals surface area (Å²) in [5.41, 5.74) is 3.49. The first kappa shape index (κ1) is 18.4. The zero-order valence-corrected chi connectivity index (χ0v) is 16.1. The van der Waals surface area contributed by atoms with Crippen LogP contribution >= 0.6 is 0 Å². The first-order valence-electron chi connectivity index (χ1n) is 9.74. The maximum atomic E-state index is 12.3. The second-order valence-corrected chi connectivity index (χ2v) is 7.31. The molecule has 0 aromatic heterocycles. The number of anilines is 1. The number of carbonyl (C=O) groups excluding carboxylic acids is 1. The first-order valence-corrected chi connectivity index (χ1v) is 9.74. The lowest BCUT2D eigenvalue weighted by molar-refractivity contribution is 0.0505. The third-order valence-electron chi connectivity index (χ3n) is 5.62. The van der Waals surface area contributed by atoms with Gasteiger partial charge in [-0.1, -0.05) is 31.2 Å². The van der Waals surface area contributed by atoms with Gasteiger partial charge in [-0.2, -0.15) is 0 Å². The summed E-state index contributed by atoms with van der Waals surface area (Å²) < 4.78 is 10.6. The van der Waals surface area contributed by atoms with Gasteiger partial charge in [-0.25, -0.2) is 4.79 Å². The monoisotopic (exact) mass is 379 g/mol. The van der Waals surface area contributed by atoms with E-state index < -0.39 is 0 Å². The number of allylic oxidation sites excluding steroid dienone is 2. The predicted octanol–water partition coefficient (Wildman–Crippen LogP) is 4.79. The minimum Gasteiger partial charge on any atom is -0.504 e. The summed E-state index contributed by atoms with van der Waals surface area (Å²) in [6.45, 7) is 2.41. The molecule has 28 heavy (non-hydrogen) atoms. The normalized spacial score (nSPS) is 22.1. The summed E-state index contributed by atoms with van der Waals surface area (Å²) in [6, 6.07) is 11.2. The Labute approximate surface area is 165 Å². The molecule has 0 amide bonds. The number of para-hydroxylation sites is 1. The predicted molar refractivity (Wildman–Crippen MR) is 108 cm³/mol. The Morgan fingerprint density at radius 1 is 1.25 bits per heavy atom. The highest BCUT2D eigenvalue weighted by molar-refractivity contribution is 5.90. The number of methoxy groups -OCH3 is 1. The van der Waals surface area contributed by atoms with Gasteiger partial charge in [0, 0.05) is 17.2 Å². The maximum absolute atomic E-state index is 12.3. The van der Waals surface area contributed by atoms with E-state index >= 15 is 0 Å². The first-order chi connectivity index (χ1) is 13.6. The summed E-state index contributed by atoms with van der Waals surface area (Å²) in [4.78, 5) is 12.3. The Morgan fingerprint density at radius 2 is 2.11 bits per heavy atom. The van der Waals surface area contributed by atoms with Crippen LogP contribution in [0, 0.1) is 5.92 Å². The van der Waals surface area contributed by atoms with Gasteiger partial charge in [0.1, 0.15) is 0 Å². The molecule has 0 radical (unpaired) electrons. The Bertz CT molecular complexity index is 921. The SMILES string of the molecule is CCCOC(=O)c1ccc2c(c1)C1C=CCC1C(c1cccc(OC)c1O)N2. The second kappa shape index (κ2) is 7.58. The number of phenols is 1. The Balaban J connectivity index is 1.70. The third-order valence-corrected chi connectivity index (χ3v) is 5.62. The van der Waals surface area contributed by atoms with Crippen LogP contribution in [0.3, 0.4) is 0 Å². The Morgan fingerprint density at radius 3 is 2.89 bits per heavy atom. The van der Waals surface area contributed by atoms with Crippen molar-refractivity contribution >= 4 is 11.7 Å². The fraction of sp³-hybridized carbons (Fsp3) is 0.348. The fourth-order valence-electron chi connectivity index (χ4n) is 4.26. The van der Waals surface area contributed by atoms with Gasteiger partial charge in [0.15, 0.2) is 11.5 Å². The minimum atomic E-state index is -0.282. The lowest BCUT2D eigenvalue weighted by Gasteiger charge is -2.38. The van der Waals surface area contributed by atoms with E-state index in [4.69, 9.17) is 9.47 Å².